The Hall–Kier alpha value is -1.56. The number of anilines is 1. The lowest BCUT2D eigenvalue weighted by Gasteiger charge is -2.10. The van der Waals surface area contributed by atoms with Crippen LogP contribution in [-0.2, 0) is 6.18 Å². The van der Waals surface area contributed by atoms with Crippen LogP contribution >= 0.6 is 0 Å². The average molecular weight is 232 g/mol. The third kappa shape index (κ3) is 2.73. The van der Waals surface area contributed by atoms with E-state index in [0.29, 0.717) is 0 Å². The number of likely N-dealkylation sites (N-methyl/N-ethyl adjacent to an activating group) is 1. The summed E-state index contributed by atoms with van der Waals surface area (Å²) < 4.78 is 37.1. The maximum absolute atomic E-state index is 12.4. The Balaban J connectivity index is 3.14. The van der Waals surface area contributed by atoms with Crippen molar-refractivity contribution in [2.45, 2.75) is 6.18 Å². The fraction of sp³-hybridized carbons (Fsp3) is 0.300. The Bertz CT molecular complexity index is 402. The van der Waals surface area contributed by atoms with Gasteiger partial charge in [-0.05, 0) is 25.2 Å². The van der Waals surface area contributed by atoms with Gasteiger partial charge in [0.2, 0.25) is 0 Å². The van der Waals surface area contributed by atoms with Gasteiger partial charge in [0.15, 0.2) is 5.78 Å². The Morgan fingerprint density at radius 3 is 2.56 bits per heavy atom. The van der Waals surface area contributed by atoms with Gasteiger partial charge >= 0.3 is 6.18 Å². The molecule has 0 unspecified atom stereocenters. The number of nitrogens with two attached hydrogens (primary N) is 1. The topological polar surface area (TPSA) is 55.1 Å². The molecule has 0 radical (unpaired) electrons. The highest BCUT2D eigenvalue weighted by molar-refractivity contribution is 6.02. The number of carbonyl (C=O) groups is 1. The summed E-state index contributed by atoms with van der Waals surface area (Å²) in [6, 6.07) is 2.71. The van der Waals surface area contributed by atoms with Crippen LogP contribution in [0.2, 0.25) is 0 Å². The second kappa shape index (κ2) is 4.52. The molecule has 0 bridgehead atoms. The molecular formula is C10H11F3N2O. The summed E-state index contributed by atoms with van der Waals surface area (Å²) in [4.78, 5) is 11.4. The van der Waals surface area contributed by atoms with Gasteiger partial charge < -0.3 is 11.1 Å². The number of Topliss-reactive ketones (excluding diaryl/α,β-unsaturated/α-hetero) is 1. The highest BCUT2D eigenvalue weighted by Crippen LogP contribution is 2.31. The first-order valence-electron chi connectivity index (χ1n) is 4.50. The summed E-state index contributed by atoms with van der Waals surface area (Å²) in [6.07, 6.45) is -4.47. The number of halogens is 3. The normalized spacial score (nSPS) is 11.5. The van der Waals surface area contributed by atoms with Crippen molar-refractivity contribution in [3.63, 3.8) is 0 Å². The van der Waals surface area contributed by atoms with Crippen LogP contribution in [0.1, 0.15) is 15.9 Å². The zero-order valence-corrected chi connectivity index (χ0v) is 8.56. The van der Waals surface area contributed by atoms with Crippen LogP contribution in [0.4, 0.5) is 18.9 Å². The van der Waals surface area contributed by atoms with Crippen molar-refractivity contribution < 1.29 is 18.0 Å². The molecule has 0 aliphatic carbocycles. The second-order valence-electron chi connectivity index (χ2n) is 3.25. The van der Waals surface area contributed by atoms with E-state index in [1.54, 1.807) is 0 Å². The summed E-state index contributed by atoms with van der Waals surface area (Å²) in [5.41, 5.74) is 4.52. The number of hydrogen-bond donors (Lipinski definition) is 2. The Kier molecular flexibility index (Phi) is 3.54. The van der Waals surface area contributed by atoms with Crippen molar-refractivity contribution >= 4 is 11.5 Å². The number of alkyl halides is 3. The van der Waals surface area contributed by atoms with Crippen LogP contribution in [0.3, 0.4) is 0 Å². The number of hydrogen-bond acceptors (Lipinski definition) is 3. The molecule has 3 nitrogen and oxygen atoms in total. The lowest BCUT2D eigenvalue weighted by atomic mass is 10.0. The van der Waals surface area contributed by atoms with Gasteiger partial charge in [-0.1, -0.05) is 0 Å². The van der Waals surface area contributed by atoms with Gasteiger partial charge in [0.1, 0.15) is 0 Å². The minimum Gasteiger partial charge on any atom is -0.398 e. The van der Waals surface area contributed by atoms with Gasteiger partial charge in [-0.2, -0.15) is 13.2 Å². The summed E-state index contributed by atoms with van der Waals surface area (Å²) in [6.45, 7) is -0.0501. The maximum Gasteiger partial charge on any atom is 0.416 e. The monoisotopic (exact) mass is 232 g/mol. The number of benzene rings is 1. The van der Waals surface area contributed by atoms with Gasteiger partial charge in [-0.25, -0.2) is 0 Å². The smallest absolute Gasteiger partial charge is 0.398 e. The van der Waals surface area contributed by atoms with Gasteiger partial charge in [-0.3, -0.25) is 4.79 Å². The van der Waals surface area contributed by atoms with Crippen molar-refractivity contribution in [2.75, 3.05) is 19.3 Å². The maximum atomic E-state index is 12.4. The van der Waals surface area contributed by atoms with Crippen LogP contribution in [-0.4, -0.2) is 19.4 Å². The molecule has 3 N–H and O–H groups in total. The fourth-order valence-electron chi connectivity index (χ4n) is 1.23. The van der Waals surface area contributed by atoms with Crippen molar-refractivity contribution in [1.82, 2.24) is 5.32 Å². The van der Waals surface area contributed by atoms with E-state index in [9.17, 15) is 18.0 Å². The SMILES string of the molecule is CNCC(=O)c1cc(C(F)(F)F)ccc1N. The Morgan fingerprint density at radius 1 is 1.44 bits per heavy atom. The molecule has 1 rings (SSSR count). The highest BCUT2D eigenvalue weighted by Gasteiger charge is 2.31. The van der Waals surface area contributed by atoms with Crippen molar-refractivity contribution in [3.05, 3.63) is 29.3 Å². The molecule has 0 aliphatic heterocycles. The zero-order chi connectivity index (χ0) is 12.3. The summed E-state index contributed by atoms with van der Waals surface area (Å²) in [7, 11) is 1.53. The largest absolute Gasteiger partial charge is 0.416 e. The second-order valence-corrected chi connectivity index (χ2v) is 3.25. The van der Waals surface area contributed by atoms with E-state index in [1.165, 1.54) is 7.05 Å². The third-order valence-corrected chi connectivity index (χ3v) is 2.02. The molecule has 0 saturated heterocycles. The highest BCUT2D eigenvalue weighted by atomic mass is 19.4. The minimum atomic E-state index is -4.47. The molecule has 1 aromatic carbocycles. The van der Waals surface area contributed by atoms with Crippen molar-refractivity contribution in [1.29, 1.82) is 0 Å². The predicted octanol–water partition coefficient (Wildman–Crippen LogP) is 1.69. The van der Waals surface area contributed by atoms with Crippen LogP contribution < -0.4 is 11.1 Å². The van der Waals surface area contributed by atoms with Gasteiger partial charge in [0, 0.05) is 11.3 Å². The van der Waals surface area contributed by atoms with Crippen LogP contribution in [0.5, 0.6) is 0 Å². The third-order valence-electron chi connectivity index (χ3n) is 2.02. The molecule has 0 saturated carbocycles. The Morgan fingerprint density at radius 2 is 2.06 bits per heavy atom. The van der Waals surface area contributed by atoms with Crippen LogP contribution in [0.25, 0.3) is 0 Å². The van der Waals surface area contributed by atoms with Gasteiger partial charge in [-0.15, -0.1) is 0 Å². The van der Waals surface area contributed by atoms with Crippen LogP contribution in [0.15, 0.2) is 18.2 Å². The summed E-state index contributed by atoms with van der Waals surface area (Å²) in [5.74, 6) is -0.467. The molecule has 0 heterocycles. The molecule has 88 valence electrons. The molecule has 16 heavy (non-hydrogen) atoms. The summed E-state index contributed by atoms with van der Waals surface area (Å²) >= 11 is 0. The molecule has 0 fully saturated rings. The van der Waals surface area contributed by atoms with E-state index in [1.807, 2.05) is 0 Å². The van der Waals surface area contributed by atoms with Crippen molar-refractivity contribution in [2.24, 2.45) is 0 Å². The molecular weight excluding hydrogens is 221 g/mol. The standard InChI is InChI=1S/C10H11F3N2O/c1-15-5-9(16)7-4-6(10(11,12)13)2-3-8(7)14/h2-4,15H,5,14H2,1H3. The lowest BCUT2D eigenvalue weighted by Crippen LogP contribution is -2.20. The molecule has 6 heteroatoms. The van der Waals surface area contributed by atoms with E-state index in [0.717, 1.165) is 18.2 Å². The Labute approximate surface area is 90.4 Å². The first-order chi connectivity index (χ1) is 7.36. The number of carbonyl (C=O) groups excluding carboxylic acids is 1. The predicted molar refractivity (Wildman–Crippen MR) is 54.1 cm³/mol. The van der Waals surface area contributed by atoms with Crippen LogP contribution in [0, 0.1) is 0 Å². The van der Waals surface area contributed by atoms with Gasteiger partial charge in [0.25, 0.3) is 0 Å². The van der Waals surface area contributed by atoms with E-state index < -0.39 is 17.5 Å². The first-order valence-corrected chi connectivity index (χ1v) is 4.50. The molecule has 0 aromatic heterocycles. The summed E-state index contributed by atoms with van der Waals surface area (Å²) in [5, 5.41) is 2.57. The molecule has 0 spiro atoms. The first kappa shape index (κ1) is 12.5. The van der Waals surface area contributed by atoms with E-state index in [2.05, 4.69) is 5.32 Å². The molecule has 0 atom stereocenters. The molecule has 1 aromatic rings. The number of rotatable bonds is 3. The minimum absolute atomic E-state index is 0.0493. The average Bonchev–Trinajstić information content (AvgIpc) is 2.16. The van der Waals surface area contributed by atoms with Crippen molar-refractivity contribution in [3.8, 4) is 0 Å². The molecule has 0 amide bonds. The van der Waals surface area contributed by atoms with Gasteiger partial charge in [0.05, 0.1) is 12.1 Å². The number of nitrogen functional groups attached to an aromatic ring is 1. The fourth-order valence-corrected chi connectivity index (χ4v) is 1.23. The lowest BCUT2D eigenvalue weighted by molar-refractivity contribution is -0.137. The number of nitrogens with one attached hydrogen (secondary N) is 1. The van der Waals surface area contributed by atoms with E-state index >= 15 is 0 Å². The zero-order valence-electron chi connectivity index (χ0n) is 8.56. The van der Waals surface area contributed by atoms with E-state index in [-0.39, 0.29) is 17.8 Å². The quantitative estimate of drug-likeness (QED) is 0.616. The number of ketones is 1. The van der Waals surface area contributed by atoms with E-state index in [4.69, 9.17) is 5.73 Å². The molecule has 0 aliphatic rings.